The van der Waals surface area contributed by atoms with Gasteiger partial charge >= 0.3 is 0 Å². The summed E-state index contributed by atoms with van der Waals surface area (Å²) in [6.45, 7) is 0. The Morgan fingerprint density at radius 1 is 0.649 bits per heavy atom. The van der Waals surface area contributed by atoms with Crippen molar-refractivity contribution >= 4 is 22.5 Å². The number of nitrogens with zero attached hydrogens (tertiary/aromatic N) is 3. The molecule has 2 aliphatic carbocycles. The lowest BCUT2D eigenvalue weighted by Crippen LogP contribution is -2.18. The largest absolute Gasteiger partial charge is 0.504 e. The highest BCUT2D eigenvalue weighted by Gasteiger charge is 2.45. The van der Waals surface area contributed by atoms with E-state index in [4.69, 9.17) is 11.3 Å². The number of hydrogen-bond acceptors (Lipinski definition) is 6. The lowest BCUT2D eigenvalue weighted by Gasteiger charge is -2.24. The molecule has 0 aliphatic heterocycles. The van der Waals surface area contributed by atoms with Gasteiger partial charge in [-0.2, -0.15) is 0 Å². The van der Waals surface area contributed by atoms with Crippen LogP contribution >= 0.6 is 0 Å². The number of nitrogen functional groups attached to an aromatic ring is 1. The molecule has 0 amide bonds. The zero-order valence-corrected chi connectivity index (χ0v) is 19.3. The van der Waals surface area contributed by atoms with Gasteiger partial charge in [0.2, 0.25) is 0 Å². The van der Waals surface area contributed by atoms with Gasteiger partial charge < -0.3 is 26.2 Å². The zero-order chi connectivity index (χ0) is 25.9. The summed E-state index contributed by atoms with van der Waals surface area (Å²) in [7, 11) is 0. The summed E-state index contributed by atoms with van der Waals surface area (Å²) >= 11 is 0. The summed E-state index contributed by atoms with van der Waals surface area (Å²) in [6.07, 6.45) is 4.04. The van der Waals surface area contributed by atoms with E-state index in [1.54, 1.807) is 24.3 Å². The van der Waals surface area contributed by atoms with Crippen LogP contribution in [-0.2, 0) is 5.41 Å². The van der Waals surface area contributed by atoms with Crippen molar-refractivity contribution < 1.29 is 20.4 Å². The Balaban J connectivity index is 1.66. The fourth-order valence-corrected chi connectivity index (χ4v) is 5.29. The fraction of sp³-hybridized carbons (Fsp3) is 0.0345. The van der Waals surface area contributed by atoms with Crippen molar-refractivity contribution in [2.24, 2.45) is 5.11 Å². The Kier molecular flexibility index (Phi) is 4.70. The third-order valence-corrected chi connectivity index (χ3v) is 7.01. The van der Waals surface area contributed by atoms with E-state index in [0.717, 1.165) is 27.8 Å². The standard InChI is InChI=1S/C29H20N4O4/c30-17-5-1-15(2-6-17)21-13-29(23-11-27(36)25(34)9-19(21)23)14-22(16-3-7-18(8-4-16)32-33-31)20-10-26(35)28(37)12-24(20)29/h1-14,34-37H,30H2. The number of allylic oxidation sites excluding steroid dienone is 2. The zero-order valence-electron chi connectivity index (χ0n) is 19.3. The van der Waals surface area contributed by atoms with Crippen LogP contribution in [0.4, 0.5) is 11.4 Å². The van der Waals surface area contributed by atoms with Gasteiger partial charge in [0.15, 0.2) is 23.0 Å². The molecule has 2 aliphatic rings. The Hall–Kier alpha value is -5.33. The van der Waals surface area contributed by atoms with Crippen LogP contribution in [0.5, 0.6) is 23.0 Å². The maximum absolute atomic E-state index is 10.5. The van der Waals surface area contributed by atoms with Gasteiger partial charge in [0.05, 0.1) is 5.41 Å². The highest BCUT2D eigenvalue weighted by atomic mass is 16.3. The van der Waals surface area contributed by atoms with Crippen molar-refractivity contribution in [2.45, 2.75) is 5.41 Å². The molecule has 0 saturated carbocycles. The van der Waals surface area contributed by atoms with Gasteiger partial charge in [0.1, 0.15) is 0 Å². The number of phenolic OH excluding ortho intramolecular Hbond substituents is 4. The maximum atomic E-state index is 10.5. The molecule has 0 aromatic heterocycles. The summed E-state index contributed by atoms with van der Waals surface area (Å²) in [5.41, 5.74) is 20.9. The number of anilines is 1. The second-order valence-electron chi connectivity index (χ2n) is 9.12. The molecule has 37 heavy (non-hydrogen) atoms. The van der Waals surface area contributed by atoms with Crippen LogP contribution in [-0.4, -0.2) is 20.4 Å². The van der Waals surface area contributed by atoms with E-state index < -0.39 is 5.41 Å². The van der Waals surface area contributed by atoms with Gasteiger partial charge in [-0.15, -0.1) is 0 Å². The van der Waals surface area contributed by atoms with Gasteiger partial charge in [-0.1, -0.05) is 53.7 Å². The molecule has 1 atom stereocenters. The summed E-state index contributed by atoms with van der Waals surface area (Å²) in [6, 6.07) is 20.5. The van der Waals surface area contributed by atoms with Crippen molar-refractivity contribution in [1.82, 2.24) is 0 Å². The Bertz CT molecular complexity index is 1720. The molecule has 8 nitrogen and oxygen atoms in total. The second-order valence-corrected chi connectivity index (χ2v) is 9.12. The molecule has 1 unspecified atom stereocenters. The summed E-state index contributed by atoms with van der Waals surface area (Å²) < 4.78 is 0. The number of hydrogen-bond donors (Lipinski definition) is 5. The lowest BCUT2D eigenvalue weighted by atomic mass is 9.78. The number of phenols is 4. The van der Waals surface area contributed by atoms with Crippen molar-refractivity contribution in [3.8, 4) is 23.0 Å². The Labute approximate surface area is 211 Å². The smallest absolute Gasteiger partial charge is 0.158 e. The van der Waals surface area contributed by atoms with Crippen LogP contribution in [0.25, 0.3) is 21.6 Å². The summed E-state index contributed by atoms with van der Waals surface area (Å²) in [5.74, 6) is -1.05. The SMILES string of the molecule is [N-]=[N+]=Nc1ccc(C2=CC3(C=C(c4ccc(N)cc4)c4cc(O)c(O)cc43)c3cc(O)c(O)cc32)cc1. The lowest BCUT2D eigenvalue weighted by molar-refractivity contribution is 0.401. The number of fused-ring (bicyclic) bond motifs is 4. The molecule has 6 N–H and O–H groups in total. The molecule has 0 fully saturated rings. The van der Waals surface area contributed by atoms with E-state index >= 15 is 0 Å². The van der Waals surface area contributed by atoms with E-state index in [0.29, 0.717) is 28.1 Å². The normalized spacial score (nSPS) is 17.1. The molecule has 0 heterocycles. The molecular weight excluding hydrogens is 468 g/mol. The fourth-order valence-electron chi connectivity index (χ4n) is 5.29. The van der Waals surface area contributed by atoms with Crippen LogP contribution in [0.1, 0.15) is 33.4 Å². The topological polar surface area (TPSA) is 156 Å². The predicted octanol–water partition coefficient (Wildman–Crippen LogP) is 6.21. The number of nitrogens with two attached hydrogens (primary N) is 1. The minimum atomic E-state index is -0.920. The number of rotatable bonds is 3. The molecule has 0 saturated heterocycles. The van der Waals surface area contributed by atoms with Gasteiger partial charge in [-0.25, -0.2) is 0 Å². The highest BCUT2D eigenvalue weighted by Crippen LogP contribution is 2.58. The molecule has 180 valence electrons. The van der Waals surface area contributed by atoms with Crippen LogP contribution in [0.2, 0.25) is 0 Å². The predicted molar refractivity (Wildman–Crippen MR) is 141 cm³/mol. The minimum absolute atomic E-state index is 0.248. The molecule has 4 aromatic carbocycles. The minimum Gasteiger partial charge on any atom is -0.504 e. The molecule has 8 heteroatoms. The third kappa shape index (κ3) is 3.28. The van der Waals surface area contributed by atoms with E-state index in [9.17, 15) is 20.4 Å². The molecule has 6 rings (SSSR count). The van der Waals surface area contributed by atoms with Gasteiger partial charge in [0.25, 0.3) is 0 Å². The van der Waals surface area contributed by atoms with E-state index in [1.165, 1.54) is 24.3 Å². The van der Waals surface area contributed by atoms with E-state index in [1.807, 2.05) is 36.4 Å². The number of benzene rings is 4. The summed E-state index contributed by atoms with van der Waals surface area (Å²) in [5, 5.41) is 45.4. The number of aromatic hydroxyl groups is 4. The molecule has 4 aromatic rings. The van der Waals surface area contributed by atoms with Crippen LogP contribution < -0.4 is 5.73 Å². The maximum Gasteiger partial charge on any atom is 0.158 e. The first kappa shape index (κ1) is 22.2. The van der Waals surface area contributed by atoms with Crippen LogP contribution in [0, 0.1) is 0 Å². The van der Waals surface area contributed by atoms with Gasteiger partial charge in [0, 0.05) is 16.3 Å². The molecule has 0 radical (unpaired) electrons. The van der Waals surface area contributed by atoms with Crippen molar-refractivity contribution in [2.75, 3.05) is 5.73 Å². The number of azide groups is 1. The second kappa shape index (κ2) is 7.84. The Morgan fingerprint density at radius 2 is 1.08 bits per heavy atom. The average molecular weight is 489 g/mol. The monoisotopic (exact) mass is 488 g/mol. The first-order valence-electron chi connectivity index (χ1n) is 11.4. The first-order chi connectivity index (χ1) is 17.8. The Morgan fingerprint density at radius 3 is 1.54 bits per heavy atom. The third-order valence-electron chi connectivity index (χ3n) is 7.01. The summed E-state index contributed by atoms with van der Waals surface area (Å²) in [4.78, 5) is 2.82. The van der Waals surface area contributed by atoms with E-state index in [-0.39, 0.29) is 23.0 Å². The van der Waals surface area contributed by atoms with E-state index in [2.05, 4.69) is 10.0 Å². The van der Waals surface area contributed by atoms with Gasteiger partial charge in [-0.3, -0.25) is 0 Å². The van der Waals surface area contributed by atoms with Crippen LogP contribution in [0.3, 0.4) is 0 Å². The molecule has 1 spiro atoms. The average Bonchev–Trinajstić information content (AvgIpc) is 3.36. The quantitative estimate of drug-likeness (QED) is 0.0762. The van der Waals surface area contributed by atoms with Crippen molar-refractivity contribution in [3.63, 3.8) is 0 Å². The highest BCUT2D eigenvalue weighted by molar-refractivity contribution is 5.97. The van der Waals surface area contributed by atoms with Crippen molar-refractivity contribution in [1.29, 1.82) is 0 Å². The van der Waals surface area contributed by atoms with Gasteiger partial charge in [-0.05, 0) is 86.5 Å². The molecule has 0 bridgehead atoms. The van der Waals surface area contributed by atoms with Crippen molar-refractivity contribution in [3.05, 3.63) is 129 Å². The first-order valence-corrected chi connectivity index (χ1v) is 11.4. The van der Waals surface area contributed by atoms with Crippen LogP contribution in [0.15, 0.2) is 90.1 Å². The molecular formula is C29H20N4O4.